The fourth-order valence-corrected chi connectivity index (χ4v) is 5.94. The van der Waals surface area contributed by atoms with Crippen molar-refractivity contribution in [2.24, 2.45) is 11.8 Å². The Balaban J connectivity index is 0.00000190. The summed E-state index contributed by atoms with van der Waals surface area (Å²) in [5, 5.41) is 4.86. The maximum atomic E-state index is 14.0. The van der Waals surface area contributed by atoms with Gasteiger partial charge in [-0.25, -0.2) is 9.07 Å². The molecule has 5 rings (SSSR count). The zero-order chi connectivity index (χ0) is 24.5. The molecule has 0 N–H and O–H groups in total. The van der Waals surface area contributed by atoms with E-state index in [4.69, 9.17) is 5.10 Å². The molecule has 0 radical (unpaired) electrons. The zero-order valence-corrected chi connectivity index (χ0v) is 23.4. The van der Waals surface area contributed by atoms with Crippen molar-refractivity contribution in [3.63, 3.8) is 0 Å². The smallest absolute Gasteiger partial charge is 0.232 e. The molecule has 0 unspecified atom stereocenters. The van der Waals surface area contributed by atoms with Crippen molar-refractivity contribution in [2.45, 2.75) is 58.3 Å². The Bertz CT molecular complexity index is 1220. The topological polar surface area (TPSA) is 55.2 Å². The van der Waals surface area contributed by atoms with Crippen molar-refractivity contribution in [1.29, 1.82) is 0 Å². The second-order valence-corrected chi connectivity index (χ2v) is 9.79. The van der Waals surface area contributed by atoms with Crippen LogP contribution in [0.15, 0.2) is 54.6 Å². The summed E-state index contributed by atoms with van der Waals surface area (Å²) in [7, 11) is 0. The van der Waals surface area contributed by atoms with Crippen LogP contribution in [0.4, 0.5) is 10.2 Å². The molecular formula is C29H36FN3O2S2. The molecule has 5 nitrogen and oxygen atoms in total. The van der Waals surface area contributed by atoms with E-state index in [0.717, 1.165) is 54.0 Å². The number of hydrogen-bond acceptors (Lipinski definition) is 3. The summed E-state index contributed by atoms with van der Waals surface area (Å²) < 4.78 is 15.7. The number of anilines is 1. The molecule has 2 aliphatic rings. The Kier molecular flexibility index (Phi) is 9.64. The van der Waals surface area contributed by atoms with E-state index in [-0.39, 0.29) is 62.8 Å². The summed E-state index contributed by atoms with van der Waals surface area (Å²) in [6.45, 7) is 4.39. The molecule has 1 fully saturated rings. The molecule has 1 aliphatic carbocycles. The molecule has 3 aromatic rings. The molecule has 0 saturated heterocycles. The third-order valence-electron chi connectivity index (χ3n) is 7.66. The van der Waals surface area contributed by atoms with Gasteiger partial charge in [-0.1, -0.05) is 49.6 Å². The Hall–Kier alpha value is -2.58. The molecule has 1 amide bonds. The zero-order valence-electron chi connectivity index (χ0n) is 21.4. The van der Waals surface area contributed by atoms with Crippen LogP contribution in [0.3, 0.4) is 0 Å². The lowest BCUT2D eigenvalue weighted by Crippen LogP contribution is -2.45. The molecule has 37 heavy (non-hydrogen) atoms. The molecule has 198 valence electrons. The van der Waals surface area contributed by atoms with Crippen molar-refractivity contribution in [3.8, 4) is 5.69 Å². The van der Waals surface area contributed by atoms with Gasteiger partial charge < -0.3 is 0 Å². The highest BCUT2D eigenvalue weighted by Gasteiger charge is 2.45. The lowest BCUT2D eigenvalue weighted by atomic mass is 9.73. The number of hydrogen-bond donors (Lipinski definition) is 0. The first-order chi connectivity index (χ1) is 17.0. The van der Waals surface area contributed by atoms with Crippen LogP contribution >= 0.6 is 27.0 Å². The number of halogens is 1. The molecular weight excluding hydrogens is 505 g/mol. The molecule has 0 bridgehead atoms. The lowest BCUT2D eigenvalue weighted by molar-refractivity contribution is -0.131. The number of carbonyl (C=O) groups excluding carboxylic acids is 2. The normalized spacial score (nSPS) is 19.5. The number of rotatable bonds is 6. The predicted molar refractivity (Wildman–Crippen MR) is 155 cm³/mol. The number of aryl methyl sites for hydroxylation is 1. The number of amides is 1. The number of nitrogens with zero attached hydrogens (tertiary/aromatic N) is 3. The van der Waals surface area contributed by atoms with E-state index < -0.39 is 5.92 Å². The minimum Gasteiger partial charge on any atom is -0.299 e. The Morgan fingerprint density at radius 3 is 2.27 bits per heavy atom. The fraction of sp³-hybridized carbons (Fsp3) is 0.414. The third kappa shape index (κ3) is 5.50. The Morgan fingerprint density at radius 2 is 1.65 bits per heavy atom. The van der Waals surface area contributed by atoms with E-state index in [2.05, 4.69) is 0 Å². The van der Waals surface area contributed by atoms with E-state index in [9.17, 15) is 14.0 Å². The van der Waals surface area contributed by atoms with Crippen LogP contribution in [0, 0.1) is 24.6 Å². The molecule has 1 aromatic heterocycles. The van der Waals surface area contributed by atoms with Crippen LogP contribution in [0.5, 0.6) is 0 Å². The summed E-state index contributed by atoms with van der Waals surface area (Å²) in [6.07, 6.45) is 5.35. The standard InChI is InChI=1S/C29H32FN3O2.2H2S/c1-3-32-28-26(19(2)31-33(28)23-12-8-5-9-13-23)27(21-14-16-22(30)17-15-21)24(29(32)35)18-25(34)20-10-6-4-7-11-20;;/h5,8-9,12-17,20,24,27H,3-4,6-7,10-11,18H2,1-2H3;2*1H2/t24-,27+;;/m0../s1. The maximum absolute atomic E-state index is 14.0. The largest absolute Gasteiger partial charge is 0.299 e. The quantitative estimate of drug-likeness (QED) is 0.373. The third-order valence-corrected chi connectivity index (χ3v) is 7.66. The van der Waals surface area contributed by atoms with Gasteiger partial charge >= 0.3 is 0 Å². The van der Waals surface area contributed by atoms with Gasteiger partial charge in [0.1, 0.15) is 17.4 Å². The molecule has 1 aliphatic heterocycles. The first kappa shape index (κ1) is 29.0. The van der Waals surface area contributed by atoms with Gasteiger partial charge in [-0.2, -0.15) is 32.1 Å². The molecule has 2 heterocycles. The summed E-state index contributed by atoms with van der Waals surface area (Å²) in [6, 6.07) is 16.1. The van der Waals surface area contributed by atoms with Gasteiger partial charge in [0.05, 0.1) is 17.3 Å². The molecule has 8 heteroatoms. The van der Waals surface area contributed by atoms with Gasteiger partial charge in [-0.05, 0) is 56.5 Å². The fourth-order valence-electron chi connectivity index (χ4n) is 5.94. The number of benzene rings is 2. The lowest BCUT2D eigenvalue weighted by Gasteiger charge is -2.38. The van der Waals surface area contributed by atoms with Crippen LogP contribution in [0.25, 0.3) is 5.69 Å². The highest BCUT2D eigenvalue weighted by molar-refractivity contribution is 7.59. The van der Waals surface area contributed by atoms with Gasteiger partial charge in [-0.3, -0.25) is 14.5 Å². The number of carbonyl (C=O) groups is 2. The Morgan fingerprint density at radius 1 is 1.00 bits per heavy atom. The molecule has 2 aromatic carbocycles. The van der Waals surface area contributed by atoms with E-state index in [1.54, 1.807) is 17.0 Å². The van der Waals surface area contributed by atoms with Crippen molar-refractivity contribution in [3.05, 3.63) is 77.2 Å². The SMILES string of the molecule is CCN1C(=O)[C@@H](CC(=O)C2CCCCC2)[C@@H](c2ccc(F)cc2)c2c(C)nn(-c3ccccc3)c21.S.S. The average molecular weight is 542 g/mol. The van der Waals surface area contributed by atoms with Gasteiger partial charge in [-0.15, -0.1) is 0 Å². The van der Waals surface area contributed by atoms with Crippen molar-refractivity contribution < 1.29 is 14.0 Å². The van der Waals surface area contributed by atoms with Crippen LogP contribution in [0.1, 0.15) is 68.2 Å². The van der Waals surface area contributed by atoms with Crippen molar-refractivity contribution >= 4 is 44.5 Å². The number of Topliss-reactive ketones (excluding diaryl/α,β-unsaturated/α-hetero) is 1. The van der Waals surface area contributed by atoms with Gasteiger partial charge in [0.15, 0.2) is 0 Å². The second kappa shape index (κ2) is 12.3. The number of aromatic nitrogens is 2. The van der Waals surface area contributed by atoms with Crippen molar-refractivity contribution in [1.82, 2.24) is 9.78 Å². The van der Waals surface area contributed by atoms with Crippen molar-refractivity contribution in [2.75, 3.05) is 11.4 Å². The van der Waals surface area contributed by atoms with Crippen LogP contribution < -0.4 is 4.90 Å². The molecule has 2 atom stereocenters. The minimum atomic E-state index is -0.533. The Labute approximate surface area is 232 Å². The number of ketones is 1. The number of fused-ring (bicyclic) bond motifs is 1. The van der Waals surface area contributed by atoms with E-state index >= 15 is 0 Å². The predicted octanol–water partition coefficient (Wildman–Crippen LogP) is 6.20. The van der Waals surface area contributed by atoms with Crippen LogP contribution in [-0.4, -0.2) is 28.0 Å². The van der Waals surface area contributed by atoms with E-state index in [0.29, 0.717) is 6.54 Å². The first-order valence-corrected chi connectivity index (χ1v) is 12.7. The molecule has 0 spiro atoms. The summed E-state index contributed by atoms with van der Waals surface area (Å²) in [4.78, 5) is 29.2. The van der Waals surface area contributed by atoms with Crippen LogP contribution in [-0.2, 0) is 9.59 Å². The summed E-state index contributed by atoms with van der Waals surface area (Å²) in [5.41, 5.74) is 3.48. The van der Waals surface area contributed by atoms with E-state index in [1.165, 1.54) is 18.6 Å². The number of para-hydroxylation sites is 1. The second-order valence-electron chi connectivity index (χ2n) is 9.79. The van der Waals surface area contributed by atoms with Gasteiger partial charge in [0, 0.05) is 30.4 Å². The first-order valence-electron chi connectivity index (χ1n) is 12.7. The summed E-state index contributed by atoms with van der Waals surface area (Å²) in [5.74, 6) is -0.302. The summed E-state index contributed by atoms with van der Waals surface area (Å²) >= 11 is 0. The minimum absolute atomic E-state index is 0. The highest BCUT2D eigenvalue weighted by Crippen LogP contribution is 2.47. The van der Waals surface area contributed by atoms with Gasteiger partial charge in [0.25, 0.3) is 0 Å². The maximum Gasteiger partial charge on any atom is 0.232 e. The average Bonchev–Trinajstić information content (AvgIpc) is 3.23. The van der Waals surface area contributed by atoms with Crippen LogP contribution in [0.2, 0.25) is 0 Å². The molecule has 1 saturated carbocycles. The van der Waals surface area contributed by atoms with Gasteiger partial charge in [0.2, 0.25) is 5.91 Å². The monoisotopic (exact) mass is 541 g/mol. The highest BCUT2D eigenvalue weighted by atomic mass is 32.1. The van der Waals surface area contributed by atoms with E-state index in [1.807, 2.05) is 48.9 Å².